The summed E-state index contributed by atoms with van der Waals surface area (Å²) in [4.78, 5) is 25.7. The Hall–Kier alpha value is -1.36. The van der Waals surface area contributed by atoms with Crippen molar-refractivity contribution < 1.29 is 14.3 Å². The lowest BCUT2D eigenvalue weighted by molar-refractivity contribution is -0.119. The van der Waals surface area contributed by atoms with Crippen molar-refractivity contribution in [1.29, 1.82) is 0 Å². The third-order valence-electron chi connectivity index (χ3n) is 4.52. The molecule has 1 N–H and O–H groups in total. The summed E-state index contributed by atoms with van der Waals surface area (Å²) in [6.07, 6.45) is 8.35. The summed E-state index contributed by atoms with van der Waals surface area (Å²) < 4.78 is 4.92. The quantitative estimate of drug-likeness (QED) is 0.869. The highest BCUT2D eigenvalue weighted by atomic mass is 32.1. The molecule has 21 heavy (non-hydrogen) atoms. The maximum atomic E-state index is 12.3. The summed E-state index contributed by atoms with van der Waals surface area (Å²) >= 11 is 1.56. The Kier molecular flexibility index (Phi) is 4.29. The Labute approximate surface area is 128 Å². The van der Waals surface area contributed by atoms with Crippen LogP contribution in [0.25, 0.3) is 0 Å². The number of esters is 1. The number of methoxy groups -OCH3 is 1. The van der Waals surface area contributed by atoms with Gasteiger partial charge >= 0.3 is 5.97 Å². The van der Waals surface area contributed by atoms with E-state index < -0.39 is 0 Å². The molecule has 0 aliphatic heterocycles. The van der Waals surface area contributed by atoms with E-state index in [1.54, 1.807) is 11.3 Å². The van der Waals surface area contributed by atoms with Crippen LogP contribution in [0.4, 0.5) is 5.00 Å². The summed E-state index contributed by atoms with van der Waals surface area (Å²) in [5.41, 5.74) is 1.70. The number of fused-ring (bicyclic) bond motifs is 1. The maximum absolute atomic E-state index is 12.3. The summed E-state index contributed by atoms with van der Waals surface area (Å²) in [6.45, 7) is 0. The van der Waals surface area contributed by atoms with Gasteiger partial charge in [-0.05, 0) is 44.1 Å². The lowest BCUT2D eigenvalue weighted by Crippen LogP contribution is -2.21. The van der Waals surface area contributed by atoms with E-state index in [9.17, 15) is 9.59 Å². The first-order valence-electron chi connectivity index (χ1n) is 7.74. The number of anilines is 1. The molecule has 0 bridgehead atoms. The summed E-state index contributed by atoms with van der Waals surface area (Å²) in [5.74, 6) is -0.151. The monoisotopic (exact) mass is 307 g/mol. The van der Waals surface area contributed by atoms with E-state index in [-0.39, 0.29) is 17.8 Å². The predicted octanol–water partition coefficient (Wildman–Crippen LogP) is 3.54. The number of carbonyl (C=O) groups is 2. The van der Waals surface area contributed by atoms with Crippen LogP contribution in [-0.2, 0) is 22.4 Å². The molecule has 3 rings (SSSR count). The fourth-order valence-electron chi connectivity index (χ4n) is 3.37. The number of hydrogen-bond donors (Lipinski definition) is 1. The van der Waals surface area contributed by atoms with E-state index in [1.807, 2.05) is 0 Å². The molecule has 4 nitrogen and oxygen atoms in total. The maximum Gasteiger partial charge on any atom is 0.341 e. The molecular weight excluding hydrogens is 286 g/mol. The molecule has 2 aliphatic rings. The summed E-state index contributed by atoms with van der Waals surface area (Å²) in [5, 5.41) is 3.70. The van der Waals surface area contributed by atoms with Crippen LogP contribution in [0, 0.1) is 5.92 Å². The minimum atomic E-state index is -0.323. The minimum absolute atomic E-state index is 0.0660. The number of rotatable bonds is 3. The fourth-order valence-corrected chi connectivity index (χ4v) is 4.65. The smallest absolute Gasteiger partial charge is 0.341 e. The van der Waals surface area contributed by atoms with Crippen molar-refractivity contribution >= 4 is 28.2 Å². The van der Waals surface area contributed by atoms with Crippen LogP contribution in [0.5, 0.6) is 0 Å². The van der Waals surface area contributed by atoms with Crippen molar-refractivity contribution in [2.45, 2.75) is 51.4 Å². The summed E-state index contributed by atoms with van der Waals surface area (Å²) in [6, 6.07) is 0. The van der Waals surface area contributed by atoms with E-state index in [1.165, 1.54) is 12.0 Å². The zero-order chi connectivity index (χ0) is 14.8. The number of hydrogen-bond acceptors (Lipinski definition) is 4. The second kappa shape index (κ2) is 6.18. The van der Waals surface area contributed by atoms with Gasteiger partial charge in [0, 0.05) is 10.8 Å². The molecular formula is C16H21NO3S. The van der Waals surface area contributed by atoms with E-state index >= 15 is 0 Å². The molecule has 0 saturated heterocycles. The Balaban J connectivity index is 1.88. The molecule has 0 unspecified atom stereocenters. The largest absolute Gasteiger partial charge is 0.465 e. The average Bonchev–Trinajstić information content (AvgIpc) is 3.13. The normalized spacial score (nSPS) is 18.3. The van der Waals surface area contributed by atoms with Gasteiger partial charge in [-0.25, -0.2) is 4.79 Å². The zero-order valence-corrected chi connectivity index (χ0v) is 13.2. The van der Waals surface area contributed by atoms with Crippen LogP contribution in [0.15, 0.2) is 0 Å². The number of thiophene rings is 1. The third kappa shape index (κ3) is 2.84. The minimum Gasteiger partial charge on any atom is -0.465 e. The van der Waals surface area contributed by atoms with E-state index in [4.69, 9.17) is 4.74 Å². The van der Waals surface area contributed by atoms with Gasteiger partial charge in [-0.3, -0.25) is 4.79 Å². The Morgan fingerprint density at radius 1 is 1.14 bits per heavy atom. The molecule has 0 spiro atoms. The van der Waals surface area contributed by atoms with Gasteiger partial charge in [-0.1, -0.05) is 12.8 Å². The molecule has 0 aromatic carbocycles. The highest BCUT2D eigenvalue weighted by Gasteiger charge is 2.29. The molecule has 1 saturated carbocycles. The zero-order valence-electron chi connectivity index (χ0n) is 12.4. The molecule has 1 aromatic rings. The van der Waals surface area contributed by atoms with Crippen molar-refractivity contribution in [3.63, 3.8) is 0 Å². The van der Waals surface area contributed by atoms with Crippen LogP contribution >= 0.6 is 11.3 Å². The SMILES string of the molecule is COC(=O)c1c(NC(=O)C2CCCC2)sc2c1CCCC2. The standard InChI is InChI=1S/C16H21NO3S/c1-20-16(19)13-11-8-4-5-9-12(11)21-15(13)17-14(18)10-6-2-3-7-10/h10H,2-9H2,1H3,(H,17,18). The first-order valence-corrected chi connectivity index (χ1v) is 8.56. The lowest BCUT2D eigenvalue weighted by Gasteiger charge is -2.12. The molecule has 1 aromatic heterocycles. The van der Waals surface area contributed by atoms with Crippen LogP contribution in [0.1, 0.15) is 59.3 Å². The Morgan fingerprint density at radius 3 is 2.57 bits per heavy atom. The fraction of sp³-hybridized carbons (Fsp3) is 0.625. The van der Waals surface area contributed by atoms with Gasteiger partial charge < -0.3 is 10.1 Å². The molecule has 0 radical (unpaired) electrons. The van der Waals surface area contributed by atoms with Gasteiger partial charge in [0.05, 0.1) is 12.7 Å². The highest BCUT2D eigenvalue weighted by molar-refractivity contribution is 7.17. The van der Waals surface area contributed by atoms with Crippen LogP contribution in [0.2, 0.25) is 0 Å². The molecule has 1 heterocycles. The van der Waals surface area contributed by atoms with Gasteiger partial charge in [0.15, 0.2) is 0 Å². The molecule has 2 aliphatic carbocycles. The number of amides is 1. The lowest BCUT2D eigenvalue weighted by atomic mass is 9.95. The van der Waals surface area contributed by atoms with Crippen LogP contribution in [0.3, 0.4) is 0 Å². The van der Waals surface area contributed by atoms with Gasteiger partial charge in [0.2, 0.25) is 5.91 Å². The number of carbonyl (C=O) groups excluding carboxylic acids is 2. The van der Waals surface area contributed by atoms with Crippen LogP contribution < -0.4 is 5.32 Å². The highest BCUT2D eigenvalue weighted by Crippen LogP contribution is 2.39. The number of aryl methyl sites for hydroxylation is 1. The van der Waals surface area contributed by atoms with Gasteiger partial charge in [-0.15, -0.1) is 11.3 Å². The third-order valence-corrected chi connectivity index (χ3v) is 5.73. The molecule has 0 atom stereocenters. The van der Waals surface area contributed by atoms with Gasteiger partial charge in [0.25, 0.3) is 0 Å². The topological polar surface area (TPSA) is 55.4 Å². The van der Waals surface area contributed by atoms with Gasteiger partial charge in [-0.2, -0.15) is 0 Å². The first kappa shape index (κ1) is 14.6. The van der Waals surface area contributed by atoms with Crippen LogP contribution in [-0.4, -0.2) is 19.0 Å². The van der Waals surface area contributed by atoms with E-state index in [0.29, 0.717) is 10.6 Å². The van der Waals surface area contributed by atoms with Gasteiger partial charge in [0.1, 0.15) is 5.00 Å². The van der Waals surface area contributed by atoms with E-state index in [0.717, 1.165) is 56.9 Å². The molecule has 1 fully saturated rings. The number of ether oxygens (including phenoxy) is 1. The van der Waals surface area contributed by atoms with Crippen molar-refractivity contribution in [1.82, 2.24) is 0 Å². The second-order valence-corrected chi connectivity index (χ2v) is 6.98. The second-order valence-electron chi connectivity index (χ2n) is 5.88. The van der Waals surface area contributed by atoms with Crippen molar-refractivity contribution in [3.05, 3.63) is 16.0 Å². The van der Waals surface area contributed by atoms with Crippen molar-refractivity contribution in [2.75, 3.05) is 12.4 Å². The Morgan fingerprint density at radius 2 is 1.86 bits per heavy atom. The predicted molar refractivity (Wildman–Crippen MR) is 82.9 cm³/mol. The summed E-state index contributed by atoms with van der Waals surface area (Å²) in [7, 11) is 1.40. The molecule has 1 amide bonds. The first-order chi connectivity index (χ1) is 10.2. The molecule has 114 valence electrons. The molecule has 5 heteroatoms. The average molecular weight is 307 g/mol. The van der Waals surface area contributed by atoms with Crippen molar-refractivity contribution in [2.24, 2.45) is 5.92 Å². The van der Waals surface area contributed by atoms with E-state index in [2.05, 4.69) is 5.32 Å². The number of nitrogens with one attached hydrogen (secondary N) is 1. The Bertz CT molecular complexity index is 558. The van der Waals surface area contributed by atoms with Crippen molar-refractivity contribution in [3.8, 4) is 0 Å².